The first-order valence-electron chi connectivity index (χ1n) is 10.1. The molecular formula is C23H22ClN5O. The number of piperidine rings is 1. The fourth-order valence-corrected chi connectivity index (χ4v) is 4.51. The lowest BCUT2D eigenvalue weighted by atomic mass is 9.96. The fraction of sp³-hybridized carbons (Fsp3) is 0.261. The largest absolute Gasteiger partial charge is 0.338 e. The molecule has 4 aromatic rings. The molecule has 6 nitrogen and oxygen atoms in total. The minimum absolute atomic E-state index is 0.0440. The number of fused-ring (bicyclic) bond motifs is 1. The molecule has 0 aliphatic carbocycles. The highest BCUT2D eigenvalue weighted by atomic mass is 35.5. The first kappa shape index (κ1) is 18.9. The number of amides is 1. The molecule has 1 atom stereocenters. The van der Waals surface area contributed by atoms with Crippen LogP contribution < -0.4 is 0 Å². The molecule has 0 spiro atoms. The molecule has 2 aromatic carbocycles. The maximum atomic E-state index is 13.4. The van der Waals surface area contributed by atoms with Gasteiger partial charge in [-0.05, 0) is 49.2 Å². The molecule has 1 amide bonds. The molecule has 0 bridgehead atoms. The van der Waals surface area contributed by atoms with Gasteiger partial charge in [0.1, 0.15) is 5.82 Å². The number of imidazole rings is 1. The average Bonchev–Trinajstić information content (AvgIpc) is 3.43. The van der Waals surface area contributed by atoms with Gasteiger partial charge in [0, 0.05) is 38.4 Å². The van der Waals surface area contributed by atoms with E-state index in [0.29, 0.717) is 17.1 Å². The summed E-state index contributed by atoms with van der Waals surface area (Å²) in [4.78, 5) is 20.1. The van der Waals surface area contributed by atoms with Gasteiger partial charge in [0.05, 0.1) is 27.3 Å². The van der Waals surface area contributed by atoms with Crippen LogP contribution in [-0.2, 0) is 7.05 Å². The minimum atomic E-state index is -0.0440. The zero-order valence-corrected chi connectivity index (χ0v) is 17.5. The SMILES string of the molecule is Cn1c([C@H]2CCCN(C(=O)c3cc(-n4cccn4)ccc3Cl)C2)nc2ccccc21. The van der Waals surface area contributed by atoms with Crippen LogP contribution in [0.25, 0.3) is 16.7 Å². The van der Waals surface area contributed by atoms with Gasteiger partial charge in [0.25, 0.3) is 5.91 Å². The normalized spacial score (nSPS) is 16.9. The van der Waals surface area contributed by atoms with Crippen molar-refractivity contribution in [3.05, 3.63) is 77.3 Å². The van der Waals surface area contributed by atoms with Crippen molar-refractivity contribution >= 4 is 28.5 Å². The highest BCUT2D eigenvalue weighted by molar-refractivity contribution is 6.33. The number of hydrogen-bond donors (Lipinski definition) is 0. The van der Waals surface area contributed by atoms with Gasteiger partial charge in [-0.2, -0.15) is 5.10 Å². The van der Waals surface area contributed by atoms with Crippen LogP contribution in [-0.4, -0.2) is 43.2 Å². The van der Waals surface area contributed by atoms with Crippen LogP contribution in [0.5, 0.6) is 0 Å². The smallest absolute Gasteiger partial charge is 0.255 e. The van der Waals surface area contributed by atoms with Crippen LogP contribution in [0.1, 0.15) is 34.9 Å². The zero-order valence-electron chi connectivity index (χ0n) is 16.7. The molecule has 0 radical (unpaired) electrons. The Labute approximate surface area is 179 Å². The lowest BCUT2D eigenvalue weighted by molar-refractivity contribution is 0.0704. The number of para-hydroxylation sites is 2. The van der Waals surface area contributed by atoms with Crippen molar-refractivity contribution in [2.75, 3.05) is 13.1 Å². The van der Waals surface area contributed by atoms with Crippen molar-refractivity contribution in [1.29, 1.82) is 0 Å². The second-order valence-electron chi connectivity index (χ2n) is 7.72. The van der Waals surface area contributed by atoms with Crippen molar-refractivity contribution in [2.24, 2.45) is 7.05 Å². The molecule has 30 heavy (non-hydrogen) atoms. The Bertz CT molecular complexity index is 1210. The number of halogens is 1. The van der Waals surface area contributed by atoms with E-state index in [1.807, 2.05) is 47.5 Å². The quantitative estimate of drug-likeness (QED) is 0.493. The van der Waals surface area contributed by atoms with Gasteiger partial charge in [0.15, 0.2) is 0 Å². The summed E-state index contributed by atoms with van der Waals surface area (Å²) in [6.45, 7) is 1.36. The van der Waals surface area contributed by atoms with E-state index in [0.717, 1.165) is 41.9 Å². The fourth-order valence-electron chi connectivity index (χ4n) is 4.31. The Morgan fingerprint density at radius 1 is 1.17 bits per heavy atom. The maximum Gasteiger partial charge on any atom is 0.255 e. The second kappa shape index (κ2) is 7.61. The summed E-state index contributed by atoms with van der Waals surface area (Å²) in [5.41, 5.74) is 3.44. The third-order valence-corrected chi connectivity index (χ3v) is 6.17. The summed E-state index contributed by atoms with van der Waals surface area (Å²) in [7, 11) is 2.05. The number of rotatable bonds is 3. The third kappa shape index (κ3) is 3.27. The third-order valence-electron chi connectivity index (χ3n) is 5.84. The first-order chi connectivity index (χ1) is 14.6. The van der Waals surface area contributed by atoms with Gasteiger partial charge in [-0.3, -0.25) is 4.79 Å². The number of benzene rings is 2. The molecule has 7 heteroatoms. The molecule has 1 saturated heterocycles. The minimum Gasteiger partial charge on any atom is -0.338 e. The van der Waals surface area contributed by atoms with Crippen LogP contribution in [0.2, 0.25) is 5.02 Å². The van der Waals surface area contributed by atoms with Crippen LogP contribution in [0.4, 0.5) is 0 Å². The van der Waals surface area contributed by atoms with E-state index in [-0.39, 0.29) is 11.8 Å². The number of carbonyl (C=O) groups is 1. The first-order valence-corrected chi connectivity index (χ1v) is 10.5. The summed E-state index contributed by atoms with van der Waals surface area (Å²) < 4.78 is 3.88. The molecule has 0 N–H and O–H groups in total. The van der Waals surface area contributed by atoms with Gasteiger partial charge in [-0.25, -0.2) is 9.67 Å². The van der Waals surface area contributed by atoms with Gasteiger partial charge < -0.3 is 9.47 Å². The number of likely N-dealkylation sites (tertiary alicyclic amines) is 1. The number of nitrogens with zero attached hydrogens (tertiary/aromatic N) is 5. The second-order valence-corrected chi connectivity index (χ2v) is 8.13. The van der Waals surface area contributed by atoms with E-state index >= 15 is 0 Å². The standard InChI is InChI=1S/C23H22ClN5O/c1-27-21-8-3-2-7-20(21)26-22(27)16-6-4-12-28(15-16)23(30)18-14-17(9-10-19(18)24)29-13-5-11-25-29/h2-3,5,7-11,13-14,16H,4,6,12,15H2,1H3/t16-/m0/s1. The molecule has 5 rings (SSSR count). The molecule has 1 fully saturated rings. The molecule has 0 unspecified atom stereocenters. The van der Waals surface area contributed by atoms with Gasteiger partial charge >= 0.3 is 0 Å². The number of carbonyl (C=O) groups excluding carboxylic acids is 1. The van der Waals surface area contributed by atoms with E-state index in [9.17, 15) is 4.79 Å². The molecule has 3 heterocycles. The van der Waals surface area contributed by atoms with Crippen molar-refractivity contribution in [3.63, 3.8) is 0 Å². The van der Waals surface area contributed by atoms with E-state index in [2.05, 4.69) is 22.8 Å². The number of hydrogen-bond acceptors (Lipinski definition) is 3. The topological polar surface area (TPSA) is 56.0 Å². The van der Waals surface area contributed by atoms with Gasteiger partial charge in [-0.1, -0.05) is 23.7 Å². The van der Waals surface area contributed by atoms with E-state index in [1.165, 1.54) is 0 Å². The Morgan fingerprint density at radius 3 is 2.83 bits per heavy atom. The molecule has 152 valence electrons. The van der Waals surface area contributed by atoms with Crippen molar-refractivity contribution in [3.8, 4) is 5.69 Å². The summed E-state index contributed by atoms with van der Waals surface area (Å²) in [5.74, 6) is 1.19. The Kier molecular flexibility index (Phi) is 4.79. The zero-order chi connectivity index (χ0) is 20.7. The van der Waals surface area contributed by atoms with Gasteiger partial charge in [0.2, 0.25) is 0 Å². The Morgan fingerprint density at radius 2 is 2.03 bits per heavy atom. The lowest BCUT2D eigenvalue weighted by Gasteiger charge is -2.32. The molecule has 1 aliphatic heterocycles. The Balaban J connectivity index is 1.43. The number of aryl methyl sites for hydroxylation is 1. The Hall–Kier alpha value is -3.12. The highest BCUT2D eigenvalue weighted by Gasteiger charge is 2.29. The highest BCUT2D eigenvalue weighted by Crippen LogP contribution is 2.30. The summed E-state index contributed by atoms with van der Waals surface area (Å²) in [5, 5.41) is 4.71. The van der Waals surface area contributed by atoms with Crippen molar-refractivity contribution in [1.82, 2.24) is 24.2 Å². The molecule has 2 aromatic heterocycles. The van der Waals surface area contributed by atoms with Crippen molar-refractivity contribution < 1.29 is 4.79 Å². The van der Waals surface area contributed by atoms with Crippen molar-refractivity contribution in [2.45, 2.75) is 18.8 Å². The molecule has 1 aliphatic rings. The average molecular weight is 420 g/mol. The van der Waals surface area contributed by atoms with E-state index in [1.54, 1.807) is 16.9 Å². The lowest BCUT2D eigenvalue weighted by Crippen LogP contribution is -2.39. The van der Waals surface area contributed by atoms with E-state index in [4.69, 9.17) is 16.6 Å². The molecular weight excluding hydrogens is 398 g/mol. The monoisotopic (exact) mass is 419 g/mol. The summed E-state index contributed by atoms with van der Waals surface area (Å²) >= 11 is 6.41. The van der Waals surface area contributed by atoms with Crippen LogP contribution in [0.3, 0.4) is 0 Å². The van der Waals surface area contributed by atoms with Gasteiger partial charge in [-0.15, -0.1) is 0 Å². The van der Waals surface area contributed by atoms with E-state index < -0.39 is 0 Å². The molecule has 0 saturated carbocycles. The number of aromatic nitrogens is 4. The predicted molar refractivity (Wildman–Crippen MR) is 117 cm³/mol. The van der Waals surface area contributed by atoms with Crippen LogP contribution >= 0.6 is 11.6 Å². The predicted octanol–water partition coefficient (Wildman–Crippen LogP) is 4.43. The van der Waals surface area contributed by atoms with Crippen LogP contribution in [0, 0.1) is 0 Å². The summed E-state index contributed by atoms with van der Waals surface area (Å²) in [6.07, 6.45) is 5.51. The maximum absolute atomic E-state index is 13.4. The summed E-state index contributed by atoms with van der Waals surface area (Å²) in [6, 6.07) is 15.4. The van der Waals surface area contributed by atoms with Crippen LogP contribution in [0.15, 0.2) is 60.9 Å².